The number of nitrogens with one attached hydrogen (secondary N) is 2. The summed E-state index contributed by atoms with van der Waals surface area (Å²) < 4.78 is 0. The molecule has 4 N–H and O–H groups in total. The van der Waals surface area contributed by atoms with E-state index in [9.17, 15) is 4.79 Å². The van der Waals surface area contributed by atoms with Crippen molar-refractivity contribution in [3.05, 3.63) is 54.4 Å². The SMILES string of the molecule is CC(C)c1cccc(NC(N)=NCC(=O)Nc2cccnc2)c1. The predicted octanol–water partition coefficient (Wildman–Crippen LogP) is 2.57. The first kappa shape index (κ1) is 16.5. The number of aromatic nitrogens is 1. The molecule has 0 aliphatic rings. The van der Waals surface area contributed by atoms with Gasteiger partial charge in [0.25, 0.3) is 0 Å². The third-order valence-corrected chi connectivity index (χ3v) is 3.16. The van der Waals surface area contributed by atoms with Crippen LogP contribution in [0.25, 0.3) is 0 Å². The highest BCUT2D eigenvalue weighted by molar-refractivity contribution is 5.96. The number of amides is 1. The van der Waals surface area contributed by atoms with Crippen molar-refractivity contribution in [3.63, 3.8) is 0 Å². The summed E-state index contributed by atoms with van der Waals surface area (Å²) in [6, 6.07) is 11.4. The van der Waals surface area contributed by atoms with Crippen molar-refractivity contribution in [2.24, 2.45) is 10.7 Å². The van der Waals surface area contributed by atoms with E-state index in [1.807, 2.05) is 18.2 Å². The molecular formula is C17H21N5O. The number of nitrogens with zero attached hydrogens (tertiary/aromatic N) is 2. The minimum atomic E-state index is -0.251. The number of hydrogen-bond acceptors (Lipinski definition) is 3. The minimum Gasteiger partial charge on any atom is -0.370 e. The molecule has 2 aromatic rings. The Kier molecular flexibility index (Phi) is 5.68. The Morgan fingerprint density at radius 1 is 1.22 bits per heavy atom. The van der Waals surface area contributed by atoms with Crippen LogP contribution in [0.3, 0.4) is 0 Å². The Morgan fingerprint density at radius 2 is 2.00 bits per heavy atom. The molecule has 0 saturated heterocycles. The standard InChI is InChI=1S/C17H21N5O/c1-12(2)13-5-3-6-14(9-13)22-17(18)20-11-16(23)21-15-7-4-8-19-10-15/h3-10,12H,11H2,1-2H3,(H,21,23)(H3,18,20,22). The lowest BCUT2D eigenvalue weighted by molar-refractivity contribution is -0.114. The van der Waals surface area contributed by atoms with Crippen molar-refractivity contribution >= 4 is 23.2 Å². The topological polar surface area (TPSA) is 92.4 Å². The van der Waals surface area contributed by atoms with Crippen LogP contribution in [0, 0.1) is 0 Å². The van der Waals surface area contributed by atoms with Gasteiger partial charge in [-0.25, -0.2) is 4.99 Å². The number of benzene rings is 1. The Morgan fingerprint density at radius 3 is 2.70 bits per heavy atom. The molecule has 6 heteroatoms. The smallest absolute Gasteiger partial charge is 0.246 e. The van der Waals surface area contributed by atoms with Gasteiger partial charge < -0.3 is 16.4 Å². The van der Waals surface area contributed by atoms with E-state index in [-0.39, 0.29) is 18.4 Å². The van der Waals surface area contributed by atoms with E-state index in [4.69, 9.17) is 5.73 Å². The van der Waals surface area contributed by atoms with E-state index in [0.29, 0.717) is 11.6 Å². The summed E-state index contributed by atoms with van der Waals surface area (Å²) in [4.78, 5) is 19.7. The third-order valence-electron chi connectivity index (χ3n) is 3.16. The van der Waals surface area contributed by atoms with Gasteiger partial charge in [0.05, 0.1) is 11.9 Å². The zero-order valence-corrected chi connectivity index (χ0v) is 13.3. The first-order chi connectivity index (χ1) is 11.0. The molecule has 0 aliphatic carbocycles. The summed E-state index contributed by atoms with van der Waals surface area (Å²) >= 11 is 0. The number of rotatable bonds is 5. The molecule has 0 atom stereocenters. The Labute approximate surface area is 135 Å². The maximum Gasteiger partial charge on any atom is 0.246 e. The molecule has 6 nitrogen and oxygen atoms in total. The highest BCUT2D eigenvalue weighted by Crippen LogP contribution is 2.18. The molecule has 0 bridgehead atoms. The molecule has 0 spiro atoms. The molecule has 1 amide bonds. The summed E-state index contributed by atoms with van der Waals surface area (Å²) in [5.74, 6) is 0.381. The van der Waals surface area contributed by atoms with Crippen LogP contribution < -0.4 is 16.4 Å². The summed E-state index contributed by atoms with van der Waals surface area (Å²) in [5, 5.41) is 5.69. The minimum absolute atomic E-state index is 0.0579. The quantitative estimate of drug-likeness (QED) is 0.584. The van der Waals surface area contributed by atoms with Gasteiger partial charge in [0.15, 0.2) is 5.96 Å². The van der Waals surface area contributed by atoms with Crippen molar-refractivity contribution in [2.45, 2.75) is 19.8 Å². The zero-order chi connectivity index (χ0) is 16.7. The van der Waals surface area contributed by atoms with Crippen LogP contribution in [-0.2, 0) is 4.79 Å². The van der Waals surface area contributed by atoms with Crippen LogP contribution in [-0.4, -0.2) is 23.4 Å². The van der Waals surface area contributed by atoms with Crippen molar-refractivity contribution in [3.8, 4) is 0 Å². The number of carbonyl (C=O) groups excluding carboxylic acids is 1. The molecular weight excluding hydrogens is 290 g/mol. The van der Waals surface area contributed by atoms with E-state index in [0.717, 1.165) is 5.69 Å². The van der Waals surface area contributed by atoms with Crippen LogP contribution in [0.5, 0.6) is 0 Å². The van der Waals surface area contributed by atoms with Crippen molar-refractivity contribution in [2.75, 3.05) is 17.2 Å². The molecule has 0 aliphatic heterocycles. The summed E-state index contributed by atoms with van der Waals surface area (Å²) in [6.45, 7) is 4.19. The van der Waals surface area contributed by atoms with Crippen molar-refractivity contribution < 1.29 is 4.79 Å². The second kappa shape index (κ2) is 7.93. The van der Waals surface area contributed by atoms with E-state index in [2.05, 4.69) is 40.5 Å². The molecule has 1 heterocycles. The molecule has 0 fully saturated rings. The molecule has 2 rings (SSSR count). The van der Waals surface area contributed by atoms with E-state index < -0.39 is 0 Å². The fraction of sp³-hybridized carbons (Fsp3) is 0.235. The average molecular weight is 311 g/mol. The summed E-state index contributed by atoms with van der Waals surface area (Å²) in [6.07, 6.45) is 3.21. The van der Waals surface area contributed by atoms with Gasteiger partial charge >= 0.3 is 0 Å². The Bertz CT molecular complexity index is 682. The normalized spacial score (nSPS) is 11.3. The highest BCUT2D eigenvalue weighted by Gasteiger charge is 2.03. The molecule has 1 aromatic carbocycles. The lowest BCUT2D eigenvalue weighted by Crippen LogP contribution is -2.25. The monoisotopic (exact) mass is 311 g/mol. The van der Waals surface area contributed by atoms with Gasteiger partial charge in [0.1, 0.15) is 6.54 Å². The fourth-order valence-electron chi connectivity index (χ4n) is 1.96. The van der Waals surface area contributed by atoms with Gasteiger partial charge in [-0.1, -0.05) is 26.0 Å². The van der Waals surface area contributed by atoms with E-state index in [1.54, 1.807) is 24.5 Å². The van der Waals surface area contributed by atoms with Crippen molar-refractivity contribution in [1.82, 2.24) is 4.98 Å². The molecule has 120 valence electrons. The molecule has 0 unspecified atom stereocenters. The predicted molar refractivity (Wildman–Crippen MR) is 93.5 cm³/mol. The number of guanidine groups is 1. The van der Waals surface area contributed by atoms with Gasteiger partial charge in [-0.3, -0.25) is 9.78 Å². The van der Waals surface area contributed by atoms with Crippen LogP contribution in [0.15, 0.2) is 53.8 Å². The third kappa shape index (κ3) is 5.43. The van der Waals surface area contributed by atoms with Gasteiger partial charge in [-0.15, -0.1) is 0 Å². The number of aliphatic imine (C=N–C) groups is 1. The lowest BCUT2D eigenvalue weighted by Gasteiger charge is -2.10. The summed E-state index contributed by atoms with van der Waals surface area (Å²) in [7, 11) is 0. The van der Waals surface area contributed by atoms with Crippen molar-refractivity contribution in [1.29, 1.82) is 0 Å². The summed E-state index contributed by atoms with van der Waals surface area (Å²) in [5.41, 5.74) is 8.51. The first-order valence-electron chi connectivity index (χ1n) is 7.41. The highest BCUT2D eigenvalue weighted by atomic mass is 16.1. The number of anilines is 2. The Hall–Kier alpha value is -2.89. The Balaban J connectivity index is 1.90. The molecule has 1 aromatic heterocycles. The molecule has 23 heavy (non-hydrogen) atoms. The van der Waals surface area contributed by atoms with Gasteiger partial charge in [0, 0.05) is 11.9 Å². The van der Waals surface area contributed by atoms with Crippen LogP contribution in [0.1, 0.15) is 25.3 Å². The molecule has 0 saturated carbocycles. The number of nitrogens with two attached hydrogens (primary N) is 1. The van der Waals surface area contributed by atoms with Crippen LogP contribution in [0.2, 0.25) is 0 Å². The maximum absolute atomic E-state index is 11.8. The second-order valence-electron chi connectivity index (χ2n) is 5.40. The largest absolute Gasteiger partial charge is 0.370 e. The molecule has 0 radical (unpaired) electrons. The maximum atomic E-state index is 11.8. The zero-order valence-electron chi connectivity index (χ0n) is 13.3. The van der Waals surface area contributed by atoms with E-state index in [1.165, 1.54) is 5.56 Å². The number of carbonyl (C=O) groups is 1. The first-order valence-corrected chi connectivity index (χ1v) is 7.41. The average Bonchev–Trinajstić information content (AvgIpc) is 2.54. The lowest BCUT2D eigenvalue weighted by atomic mass is 10.0. The van der Waals surface area contributed by atoms with Crippen LogP contribution in [0.4, 0.5) is 11.4 Å². The van der Waals surface area contributed by atoms with E-state index >= 15 is 0 Å². The number of hydrogen-bond donors (Lipinski definition) is 3. The van der Waals surface area contributed by atoms with Gasteiger partial charge in [-0.2, -0.15) is 0 Å². The fourth-order valence-corrected chi connectivity index (χ4v) is 1.96. The van der Waals surface area contributed by atoms with Gasteiger partial charge in [0.2, 0.25) is 5.91 Å². The van der Waals surface area contributed by atoms with Crippen LogP contribution >= 0.6 is 0 Å². The van der Waals surface area contributed by atoms with Gasteiger partial charge in [-0.05, 0) is 35.7 Å². The number of pyridine rings is 1. The second-order valence-corrected chi connectivity index (χ2v) is 5.40.